The molecule has 5 heteroatoms. The summed E-state index contributed by atoms with van der Waals surface area (Å²) in [6.07, 6.45) is 3.20. The second-order valence-electron chi connectivity index (χ2n) is 3.32. The second-order valence-corrected chi connectivity index (χ2v) is 3.32. The Kier molecular flexibility index (Phi) is 2.41. The van der Waals surface area contributed by atoms with Crippen molar-refractivity contribution in [2.24, 2.45) is 0 Å². The summed E-state index contributed by atoms with van der Waals surface area (Å²) in [5, 5.41) is 16.5. The van der Waals surface area contributed by atoms with E-state index in [2.05, 4.69) is 10.2 Å². The van der Waals surface area contributed by atoms with Crippen LogP contribution >= 0.6 is 0 Å². The van der Waals surface area contributed by atoms with E-state index in [1.54, 1.807) is 11.0 Å². The van der Waals surface area contributed by atoms with E-state index in [9.17, 15) is 9.90 Å². The molecule has 1 aromatic heterocycles. The summed E-state index contributed by atoms with van der Waals surface area (Å²) in [6, 6.07) is 1.63. The highest BCUT2D eigenvalue weighted by Crippen LogP contribution is 2.12. The van der Waals surface area contributed by atoms with Crippen LogP contribution in [-0.4, -0.2) is 45.3 Å². The van der Waals surface area contributed by atoms with Crippen molar-refractivity contribution in [3.8, 4) is 0 Å². The summed E-state index contributed by atoms with van der Waals surface area (Å²) in [5.74, 6) is -0.0866. The van der Waals surface area contributed by atoms with Crippen LogP contribution in [0.5, 0.6) is 0 Å². The highest BCUT2D eigenvalue weighted by atomic mass is 16.3. The number of carbonyl (C=O) groups excluding carboxylic acids is 1. The number of β-amino-alcohol motifs (C(OH)–C–C–N with tert-alkyl or cyclic N) is 1. The largest absolute Gasteiger partial charge is 0.391 e. The topological polar surface area (TPSA) is 66.3 Å². The number of nitrogens with zero attached hydrogens (tertiary/aromatic N) is 3. The van der Waals surface area contributed by atoms with Crippen LogP contribution in [0.25, 0.3) is 0 Å². The van der Waals surface area contributed by atoms with Crippen molar-refractivity contribution in [1.82, 2.24) is 15.1 Å². The normalized spacial score (nSPS) is 21.2. The summed E-state index contributed by atoms with van der Waals surface area (Å²) < 4.78 is 0. The van der Waals surface area contributed by atoms with Gasteiger partial charge in [0.1, 0.15) is 0 Å². The van der Waals surface area contributed by atoms with E-state index in [0.717, 1.165) is 0 Å². The predicted octanol–water partition coefficient (Wildman–Crippen LogP) is -0.317. The van der Waals surface area contributed by atoms with E-state index in [1.165, 1.54) is 12.4 Å². The molecule has 2 rings (SSSR count). The molecule has 14 heavy (non-hydrogen) atoms. The predicted molar refractivity (Wildman–Crippen MR) is 48.6 cm³/mol. The van der Waals surface area contributed by atoms with Gasteiger partial charge in [0.05, 0.1) is 24.1 Å². The molecule has 1 atom stereocenters. The molecule has 1 N–H and O–H groups in total. The van der Waals surface area contributed by atoms with E-state index in [4.69, 9.17) is 0 Å². The van der Waals surface area contributed by atoms with E-state index in [1.807, 2.05) is 0 Å². The average Bonchev–Trinajstić information content (AvgIpc) is 2.65. The van der Waals surface area contributed by atoms with Gasteiger partial charge in [-0.15, -0.1) is 0 Å². The standard InChI is InChI=1S/C9H11N3O2/c13-8-2-4-12(6-8)9(14)7-1-3-10-11-5-7/h1,3,5,8,13H,2,4,6H2/t8-/m1/s1. The van der Waals surface area contributed by atoms with Gasteiger partial charge in [-0.1, -0.05) is 0 Å². The van der Waals surface area contributed by atoms with Crippen molar-refractivity contribution in [3.63, 3.8) is 0 Å². The number of amides is 1. The van der Waals surface area contributed by atoms with E-state index in [0.29, 0.717) is 25.1 Å². The SMILES string of the molecule is O=C(c1ccnnc1)N1CC[C@@H](O)C1. The lowest BCUT2D eigenvalue weighted by Gasteiger charge is -2.14. The average molecular weight is 193 g/mol. The van der Waals surface area contributed by atoms with E-state index in [-0.39, 0.29) is 12.0 Å². The maximum atomic E-state index is 11.7. The van der Waals surface area contributed by atoms with Gasteiger partial charge in [0.15, 0.2) is 0 Å². The Morgan fingerprint density at radius 3 is 3.00 bits per heavy atom. The molecule has 1 fully saturated rings. The third-order valence-corrected chi connectivity index (χ3v) is 2.28. The van der Waals surface area contributed by atoms with Gasteiger partial charge in [-0.05, 0) is 12.5 Å². The molecule has 0 radical (unpaired) electrons. The smallest absolute Gasteiger partial charge is 0.255 e. The molecule has 5 nitrogen and oxygen atoms in total. The number of hydrogen-bond acceptors (Lipinski definition) is 4. The lowest BCUT2D eigenvalue weighted by molar-refractivity contribution is 0.0764. The first-order valence-electron chi connectivity index (χ1n) is 4.51. The fourth-order valence-corrected chi connectivity index (χ4v) is 1.53. The minimum absolute atomic E-state index is 0.0866. The van der Waals surface area contributed by atoms with Crippen LogP contribution < -0.4 is 0 Å². The highest BCUT2D eigenvalue weighted by molar-refractivity contribution is 5.93. The monoisotopic (exact) mass is 193 g/mol. The molecule has 1 aromatic rings. The Labute approximate surface area is 81.4 Å². The molecular weight excluding hydrogens is 182 g/mol. The molecular formula is C9H11N3O2. The molecule has 0 bridgehead atoms. The summed E-state index contributed by atoms with van der Waals surface area (Å²) in [5.41, 5.74) is 0.522. The number of aliphatic hydroxyl groups is 1. The molecule has 1 saturated heterocycles. The lowest BCUT2D eigenvalue weighted by atomic mass is 10.3. The zero-order valence-corrected chi connectivity index (χ0v) is 7.63. The molecule has 0 unspecified atom stereocenters. The number of likely N-dealkylation sites (tertiary alicyclic amines) is 1. The van der Waals surface area contributed by atoms with Gasteiger partial charge < -0.3 is 10.0 Å². The van der Waals surface area contributed by atoms with Crippen LogP contribution in [0.2, 0.25) is 0 Å². The van der Waals surface area contributed by atoms with Gasteiger partial charge in [-0.3, -0.25) is 4.79 Å². The van der Waals surface area contributed by atoms with Gasteiger partial charge in [-0.25, -0.2) is 0 Å². The number of carbonyl (C=O) groups is 1. The van der Waals surface area contributed by atoms with E-state index >= 15 is 0 Å². The fraction of sp³-hybridized carbons (Fsp3) is 0.444. The number of aliphatic hydroxyl groups excluding tert-OH is 1. The third kappa shape index (κ3) is 1.72. The van der Waals surface area contributed by atoms with Crippen LogP contribution in [0.15, 0.2) is 18.5 Å². The van der Waals surface area contributed by atoms with Crippen molar-refractivity contribution in [1.29, 1.82) is 0 Å². The number of rotatable bonds is 1. The minimum Gasteiger partial charge on any atom is -0.391 e. The number of aromatic nitrogens is 2. The third-order valence-electron chi connectivity index (χ3n) is 2.28. The molecule has 0 aromatic carbocycles. The van der Waals surface area contributed by atoms with Crippen LogP contribution in [0.3, 0.4) is 0 Å². The summed E-state index contributed by atoms with van der Waals surface area (Å²) in [6.45, 7) is 1.03. The van der Waals surface area contributed by atoms with Crippen LogP contribution in [0.1, 0.15) is 16.8 Å². The van der Waals surface area contributed by atoms with E-state index < -0.39 is 0 Å². The minimum atomic E-state index is -0.381. The lowest BCUT2D eigenvalue weighted by Crippen LogP contribution is -2.29. The van der Waals surface area contributed by atoms with Crippen molar-refractivity contribution in [2.75, 3.05) is 13.1 Å². The Balaban J connectivity index is 2.10. The van der Waals surface area contributed by atoms with Gasteiger partial charge in [-0.2, -0.15) is 10.2 Å². The van der Waals surface area contributed by atoms with Gasteiger partial charge in [0, 0.05) is 13.1 Å². The Hall–Kier alpha value is -1.49. The molecule has 1 amide bonds. The Morgan fingerprint density at radius 2 is 2.43 bits per heavy atom. The first kappa shape index (κ1) is 9.08. The zero-order valence-electron chi connectivity index (χ0n) is 7.63. The van der Waals surface area contributed by atoms with Gasteiger partial charge >= 0.3 is 0 Å². The van der Waals surface area contributed by atoms with Crippen molar-refractivity contribution >= 4 is 5.91 Å². The molecule has 0 saturated carbocycles. The first-order valence-corrected chi connectivity index (χ1v) is 4.51. The molecule has 1 aliphatic rings. The van der Waals surface area contributed by atoms with Crippen LogP contribution in [0, 0.1) is 0 Å². The maximum Gasteiger partial charge on any atom is 0.255 e. The molecule has 1 aliphatic heterocycles. The van der Waals surface area contributed by atoms with Gasteiger partial charge in [0.2, 0.25) is 0 Å². The molecule has 2 heterocycles. The highest BCUT2D eigenvalue weighted by Gasteiger charge is 2.25. The first-order chi connectivity index (χ1) is 6.77. The molecule has 0 aliphatic carbocycles. The summed E-state index contributed by atoms with van der Waals surface area (Å²) in [4.78, 5) is 13.4. The number of hydrogen-bond donors (Lipinski definition) is 1. The van der Waals surface area contributed by atoms with Crippen LogP contribution in [-0.2, 0) is 0 Å². The summed E-state index contributed by atoms with van der Waals surface area (Å²) >= 11 is 0. The second kappa shape index (κ2) is 3.71. The zero-order chi connectivity index (χ0) is 9.97. The maximum absolute atomic E-state index is 11.7. The van der Waals surface area contributed by atoms with Crippen molar-refractivity contribution in [3.05, 3.63) is 24.0 Å². The molecule has 74 valence electrons. The Bertz CT molecular complexity index is 328. The summed E-state index contributed by atoms with van der Waals surface area (Å²) in [7, 11) is 0. The van der Waals surface area contributed by atoms with Crippen LogP contribution in [0.4, 0.5) is 0 Å². The van der Waals surface area contributed by atoms with Gasteiger partial charge in [0.25, 0.3) is 5.91 Å². The Morgan fingerprint density at radius 1 is 1.57 bits per heavy atom. The molecule has 0 spiro atoms. The fourth-order valence-electron chi connectivity index (χ4n) is 1.53. The van der Waals surface area contributed by atoms with Crippen molar-refractivity contribution in [2.45, 2.75) is 12.5 Å². The van der Waals surface area contributed by atoms with Crippen molar-refractivity contribution < 1.29 is 9.90 Å². The quantitative estimate of drug-likeness (QED) is 0.664.